The molecule has 0 amide bonds. The van der Waals surface area contributed by atoms with Crippen molar-refractivity contribution in [1.82, 2.24) is 0 Å². The Balaban J connectivity index is 2.33. The Morgan fingerprint density at radius 3 is 2.73 bits per heavy atom. The van der Waals surface area contributed by atoms with Gasteiger partial charge >= 0.3 is 0 Å². The van der Waals surface area contributed by atoms with Crippen molar-refractivity contribution >= 4 is 6.08 Å². The van der Waals surface area contributed by atoms with Gasteiger partial charge in [-0.05, 0) is 29.9 Å². The molecule has 1 aliphatic carbocycles. The van der Waals surface area contributed by atoms with Crippen LogP contribution in [0.3, 0.4) is 0 Å². The van der Waals surface area contributed by atoms with Crippen molar-refractivity contribution in [2.45, 2.75) is 27.2 Å². The Morgan fingerprint density at radius 1 is 1.33 bits per heavy atom. The SMILES string of the molecule is Cc1ccc2c(c1)CC(C(C)(C)CN)=C2. The van der Waals surface area contributed by atoms with Gasteiger partial charge in [-0.1, -0.05) is 49.3 Å². The second-order valence-corrected chi connectivity index (χ2v) is 5.14. The van der Waals surface area contributed by atoms with Crippen molar-refractivity contribution in [1.29, 1.82) is 0 Å². The Morgan fingerprint density at radius 2 is 2.07 bits per heavy atom. The number of rotatable bonds is 2. The van der Waals surface area contributed by atoms with Crippen LogP contribution in [-0.4, -0.2) is 6.54 Å². The molecule has 0 saturated carbocycles. The fourth-order valence-electron chi connectivity index (χ4n) is 2.04. The number of benzene rings is 1. The fraction of sp³-hybridized carbons (Fsp3) is 0.429. The van der Waals surface area contributed by atoms with Gasteiger partial charge < -0.3 is 5.73 Å². The van der Waals surface area contributed by atoms with Crippen LogP contribution in [0.2, 0.25) is 0 Å². The maximum absolute atomic E-state index is 5.81. The first-order valence-electron chi connectivity index (χ1n) is 5.53. The van der Waals surface area contributed by atoms with Gasteiger partial charge in [-0.2, -0.15) is 0 Å². The van der Waals surface area contributed by atoms with Crippen LogP contribution in [0.25, 0.3) is 6.08 Å². The van der Waals surface area contributed by atoms with Crippen LogP contribution in [0, 0.1) is 12.3 Å². The topological polar surface area (TPSA) is 26.0 Å². The van der Waals surface area contributed by atoms with Crippen molar-refractivity contribution in [3.63, 3.8) is 0 Å². The minimum atomic E-state index is 0.132. The summed E-state index contributed by atoms with van der Waals surface area (Å²) in [5.41, 5.74) is 11.6. The van der Waals surface area contributed by atoms with E-state index in [9.17, 15) is 0 Å². The molecule has 0 bridgehead atoms. The lowest BCUT2D eigenvalue weighted by molar-refractivity contribution is 0.456. The first kappa shape index (κ1) is 10.4. The van der Waals surface area contributed by atoms with E-state index >= 15 is 0 Å². The maximum atomic E-state index is 5.81. The predicted molar refractivity (Wildman–Crippen MR) is 65.7 cm³/mol. The average molecular weight is 201 g/mol. The quantitative estimate of drug-likeness (QED) is 0.782. The number of hydrogen-bond acceptors (Lipinski definition) is 1. The van der Waals surface area contributed by atoms with E-state index in [-0.39, 0.29) is 5.41 Å². The van der Waals surface area contributed by atoms with Gasteiger partial charge in [0.05, 0.1) is 0 Å². The molecule has 1 aromatic carbocycles. The third-order valence-corrected chi connectivity index (χ3v) is 3.39. The average Bonchev–Trinajstić information content (AvgIpc) is 2.61. The first-order chi connectivity index (χ1) is 7.03. The monoisotopic (exact) mass is 201 g/mol. The molecule has 15 heavy (non-hydrogen) atoms. The summed E-state index contributed by atoms with van der Waals surface area (Å²) in [7, 11) is 0. The van der Waals surface area contributed by atoms with Crippen LogP contribution >= 0.6 is 0 Å². The van der Waals surface area contributed by atoms with Crippen LogP contribution in [0.4, 0.5) is 0 Å². The lowest BCUT2D eigenvalue weighted by Crippen LogP contribution is -2.25. The molecule has 1 aliphatic rings. The lowest BCUT2D eigenvalue weighted by atomic mass is 9.83. The zero-order chi connectivity index (χ0) is 11.1. The van der Waals surface area contributed by atoms with Crippen LogP contribution in [0.5, 0.6) is 0 Å². The molecule has 80 valence electrons. The van der Waals surface area contributed by atoms with Gasteiger partial charge in [-0.15, -0.1) is 0 Å². The summed E-state index contributed by atoms with van der Waals surface area (Å²) < 4.78 is 0. The van der Waals surface area contributed by atoms with Gasteiger partial charge in [0.15, 0.2) is 0 Å². The predicted octanol–water partition coefficient (Wildman–Crippen LogP) is 2.92. The summed E-state index contributed by atoms with van der Waals surface area (Å²) in [4.78, 5) is 0. The zero-order valence-electron chi connectivity index (χ0n) is 9.80. The zero-order valence-corrected chi connectivity index (χ0v) is 9.80. The van der Waals surface area contributed by atoms with E-state index in [1.807, 2.05) is 0 Å². The molecule has 0 heterocycles. The van der Waals surface area contributed by atoms with Gasteiger partial charge in [0.1, 0.15) is 0 Å². The molecular weight excluding hydrogens is 182 g/mol. The van der Waals surface area contributed by atoms with Crippen molar-refractivity contribution in [3.05, 3.63) is 40.5 Å². The molecule has 0 aliphatic heterocycles. The summed E-state index contributed by atoms with van der Waals surface area (Å²) in [5, 5.41) is 0. The largest absolute Gasteiger partial charge is 0.330 e. The molecule has 0 radical (unpaired) electrons. The normalized spacial score (nSPS) is 15.1. The lowest BCUT2D eigenvalue weighted by Gasteiger charge is -2.24. The highest BCUT2D eigenvalue weighted by molar-refractivity contribution is 5.65. The van der Waals surface area contributed by atoms with Crippen LogP contribution in [-0.2, 0) is 6.42 Å². The van der Waals surface area contributed by atoms with Gasteiger partial charge in [-0.3, -0.25) is 0 Å². The molecule has 0 atom stereocenters. The van der Waals surface area contributed by atoms with Crippen LogP contribution in [0.15, 0.2) is 23.8 Å². The second kappa shape index (κ2) is 3.49. The molecule has 0 fully saturated rings. The number of hydrogen-bond donors (Lipinski definition) is 1. The molecule has 0 saturated heterocycles. The number of nitrogens with two attached hydrogens (primary N) is 1. The Hall–Kier alpha value is -1.08. The molecule has 0 spiro atoms. The van der Waals surface area contributed by atoms with Crippen molar-refractivity contribution in [2.75, 3.05) is 6.54 Å². The Kier molecular flexibility index (Phi) is 2.43. The summed E-state index contributed by atoms with van der Waals surface area (Å²) in [6, 6.07) is 6.67. The highest BCUT2D eigenvalue weighted by Crippen LogP contribution is 2.36. The third kappa shape index (κ3) is 1.84. The van der Waals surface area contributed by atoms with E-state index in [4.69, 9.17) is 5.73 Å². The molecule has 1 aromatic rings. The van der Waals surface area contributed by atoms with E-state index in [1.165, 1.54) is 22.3 Å². The van der Waals surface area contributed by atoms with Gasteiger partial charge in [-0.25, -0.2) is 0 Å². The minimum Gasteiger partial charge on any atom is -0.330 e. The van der Waals surface area contributed by atoms with Crippen LogP contribution < -0.4 is 5.73 Å². The molecule has 0 aromatic heterocycles. The Bertz CT molecular complexity index is 413. The highest BCUT2D eigenvalue weighted by atomic mass is 14.6. The molecule has 1 heteroatoms. The van der Waals surface area contributed by atoms with E-state index in [0.717, 1.165) is 6.42 Å². The van der Waals surface area contributed by atoms with E-state index in [2.05, 4.69) is 45.0 Å². The van der Waals surface area contributed by atoms with Gasteiger partial charge in [0.25, 0.3) is 0 Å². The number of fused-ring (bicyclic) bond motifs is 1. The molecule has 1 nitrogen and oxygen atoms in total. The highest BCUT2D eigenvalue weighted by Gasteiger charge is 2.25. The van der Waals surface area contributed by atoms with Crippen molar-refractivity contribution in [3.8, 4) is 0 Å². The molecule has 2 N–H and O–H groups in total. The van der Waals surface area contributed by atoms with Crippen molar-refractivity contribution in [2.24, 2.45) is 11.1 Å². The van der Waals surface area contributed by atoms with Gasteiger partial charge in [0.2, 0.25) is 0 Å². The van der Waals surface area contributed by atoms with E-state index < -0.39 is 0 Å². The minimum absolute atomic E-state index is 0.132. The Labute approximate surface area is 92.0 Å². The second-order valence-electron chi connectivity index (χ2n) is 5.14. The summed E-state index contributed by atoms with van der Waals surface area (Å²) in [6.07, 6.45) is 3.38. The van der Waals surface area contributed by atoms with Crippen molar-refractivity contribution < 1.29 is 0 Å². The fourth-order valence-corrected chi connectivity index (χ4v) is 2.04. The number of aryl methyl sites for hydroxylation is 1. The summed E-state index contributed by atoms with van der Waals surface area (Å²) in [5.74, 6) is 0. The molecular formula is C14H19N. The third-order valence-electron chi connectivity index (χ3n) is 3.39. The van der Waals surface area contributed by atoms with E-state index in [1.54, 1.807) is 0 Å². The summed E-state index contributed by atoms with van der Waals surface area (Å²) >= 11 is 0. The first-order valence-corrected chi connectivity index (χ1v) is 5.53. The van der Waals surface area contributed by atoms with Gasteiger partial charge in [0, 0.05) is 6.54 Å². The standard InChI is InChI=1S/C14H19N/c1-10-4-5-11-7-13(8-12(11)6-10)14(2,3)9-15/h4-7H,8-9,15H2,1-3H3. The maximum Gasteiger partial charge on any atom is 0.00118 e. The smallest absolute Gasteiger partial charge is 0.00118 e. The summed E-state index contributed by atoms with van der Waals surface area (Å²) in [6.45, 7) is 7.30. The van der Waals surface area contributed by atoms with Crippen LogP contribution in [0.1, 0.15) is 30.5 Å². The molecule has 0 unspecified atom stereocenters. The van der Waals surface area contributed by atoms with E-state index in [0.29, 0.717) is 6.54 Å². The molecule has 2 rings (SSSR count).